The summed E-state index contributed by atoms with van der Waals surface area (Å²) in [6, 6.07) is 8.73. The molecule has 2 heterocycles. The molecule has 0 radical (unpaired) electrons. The smallest absolute Gasteiger partial charge is 0.191 e. The number of nitrogens with one attached hydrogen (secondary N) is 2. The minimum absolute atomic E-state index is 0. The highest BCUT2D eigenvalue weighted by Crippen LogP contribution is 2.17. The number of guanidine groups is 1. The Morgan fingerprint density at radius 2 is 1.84 bits per heavy atom. The first kappa shape index (κ1) is 26.2. The Balaban J connectivity index is 0.00000341. The lowest BCUT2D eigenvalue weighted by molar-refractivity contribution is -0.0284. The largest absolute Gasteiger partial charge is 0.378 e. The second kappa shape index (κ2) is 14.1. The first-order valence-electron chi connectivity index (χ1n) is 11.4. The fourth-order valence-corrected chi connectivity index (χ4v) is 3.94. The molecule has 176 valence electrons. The highest BCUT2D eigenvalue weighted by molar-refractivity contribution is 14.0. The van der Waals surface area contributed by atoms with Gasteiger partial charge in [-0.1, -0.05) is 26.0 Å². The van der Waals surface area contributed by atoms with Crippen molar-refractivity contribution < 1.29 is 9.47 Å². The predicted molar refractivity (Wildman–Crippen MR) is 139 cm³/mol. The van der Waals surface area contributed by atoms with Gasteiger partial charge in [-0.15, -0.1) is 24.0 Å². The topological polar surface area (TPSA) is 61.4 Å². The monoisotopic (exact) mass is 545 g/mol. The van der Waals surface area contributed by atoms with E-state index in [9.17, 15) is 0 Å². The Morgan fingerprint density at radius 1 is 1.10 bits per heavy atom. The zero-order chi connectivity index (χ0) is 21.2. The van der Waals surface area contributed by atoms with Gasteiger partial charge in [0.05, 0.1) is 32.5 Å². The average Bonchev–Trinajstić information content (AvgIpc) is 2.76. The molecule has 3 rings (SSSR count). The lowest BCUT2D eigenvalue weighted by atomic mass is 10.2. The Kier molecular flexibility index (Phi) is 11.9. The number of aliphatic imine (C=N–C) groups is 1. The molecule has 2 fully saturated rings. The summed E-state index contributed by atoms with van der Waals surface area (Å²) < 4.78 is 11.4. The maximum atomic E-state index is 5.95. The van der Waals surface area contributed by atoms with Crippen molar-refractivity contribution in [3.05, 3.63) is 29.8 Å². The summed E-state index contributed by atoms with van der Waals surface area (Å²) in [5, 5.41) is 6.81. The molecule has 0 aromatic heterocycles. The van der Waals surface area contributed by atoms with Gasteiger partial charge in [0.15, 0.2) is 5.96 Å². The molecule has 7 nitrogen and oxygen atoms in total. The van der Waals surface area contributed by atoms with Gasteiger partial charge in [-0.2, -0.15) is 0 Å². The van der Waals surface area contributed by atoms with Crippen LogP contribution in [0, 0.1) is 5.92 Å². The molecule has 1 unspecified atom stereocenters. The van der Waals surface area contributed by atoms with Crippen LogP contribution >= 0.6 is 24.0 Å². The predicted octanol–water partition coefficient (Wildman–Crippen LogP) is 2.55. The Hall–Kier alpha value is -1.10. The molecule has 31 heavy (non-hydrogen) atoms. The van der Waals surface area contributed by atoms with Crippen molar-refractivity contribution in [2.24, 2.45) is 10.9 Å². The zero-order valence-electron chi connectivity index (χ0n) is 19.3. The quantitative estimate of drug-likeness (QED) is 0.298. The van der Waals surface area contributed by atoms with Crippen LogP contribution in [-0.2, 0) is 16.0 Å². The molecule has 0 aliphatic carbocycles. The number of ether oxygens (including phenoxy) is 2. The Morgan fingerprint density at radius 3 is 2.52 bits per heavy atom. The second-order valence-electron chi connectivity index (χ2n) is 8.49. The van der Waals surface area contributed by atoms with Gasteiger partial charge in [-0.25, -0.2) is 4.99 Å². The van der Waals surface area contributed by atoms with E-state index in [1.54, 1.807) is 0 Å². The maximum absolute atomic E-state index is 5.95. The number of anilines is 1. The lowest BCUT2D eigenvalue weighted by Gasteiger charge is -2.34. The molecule has 8 heteroatoms. The number of hydrogen-bond acceptors (Lipinski definition) is 5. The third-order valence-electron chi connectivity index (χ3n) is 5.42. The van der Waals surface area contributed by atoms with Crippen LogP contribution < -0.4 is 15.5 Å². The number of benzene rings is 1. The van der Waals surface area contributed by atoms with Crippen molar-refractivity contribution >= 4 is 35.6 Å². The van der Waals surface area contributed by atoms with Crippen molar-refractivity contribution in [1.82, 2.24) is 15.5 Å². The van der Waals surface area contributed by atoms with Gasteiger partial charge in [0.1, 0.15) is 0 Å². The summed E-state index contributed by atoms with van der Waals surface area (Å²) in [4.78, 5) is 9.64. The van der Waals surface area contributed by atoms with Crippen molar-refractivity contribution in [3.8, 4) is 0 Å². The Bertz CT molecular complexity index is 650. The van der Waals surface area contributed by atoms with Crippen LogP contribution in [0.1, 0.15) is 26.3 Å². The van der Waals surface area contributed by atoms with Crippen LogP contribution in [0.2, 0.25) is 0 Å². The van der Waals surface area contributed by atoms with E-state index in [0.29, 0.717) is 12.5 Å². The van der Waals surface area contributed by atoms with E-state index in [1.165, 1.54) is 11.3 Å². The number of rotatable bonds is 8. The summed E-state index contributed by atoms with van der Waals surface area (Å²) in [5.41, 5.74) is 2.47. The number of morpholine rings is 2. The molecular weight excluding hydrogens is 505 g/mol. The van der Waals surface area contributed by atoms with Gasteiger partial charge in [0.25, 0.3) is 0 Å². The van der Waals surface area contributed by atoms with Crippen LogP contribution in [0.5, 0.6) is 0 Å². The summed E-state index contributed by atoms with van der Waals surface area (Å²) in [6.45, 7) is 16.4. The molecule has 1 atom stereocenters. The minimum atomic E-state index is 0. The summed E-state index contributed by atoms with van der Waals surface area (Å²) in [7, 11) is 0. The van der Waals surface area contributed by atoms with Crippen molar-refractivity contribution in [1.29, 1.82) is 0 Å². The summed E-state index contributed by atoms with van der Waals surface area (Å²) in [6.07, 6.45) is 0.203. The van der Waals surface area contributed by atoms with Crippen LogP contribution in [0.4, 0.5) is 5.69 Å². The molecule has 2 aliphatic heterocycles. The zero-order valence-corrected chi connectivity index (χ0v) is 21.6. The summed E-state index contributed by atoms with van der Waals surface area (Å²) in [5.74, 6) is 1.53. The molecule has 0 bridgehead atoms. The highest BCUT2D eigenvalue weighted by Gasteiger charge is 2.21. The second-order valence-corrected chi connectivity index (χ2v) is 8.49. The molecule has 0 amide bonds. The van der Waals surface area contributed by atoms with Gasteiger partial charge in [-0.3, -0.25) is 4.90 Å². The molecule has 1 aromatic carbocycles. The van der Waals surface area contributed by atoms with Crippen LogP contribution in [0.3, 0.4) is 0 Å². The standard InChI is InChI=1S/C23H39N5O2.HI/c1-4-24-23(26-16-22-18-27(9-14-30-22)17-19(2)3)25-15-20-5-7-21(8-6-20)28-10-12-29-13-11-28;/h5-8,19,22H,4,9-18H2,1-3H3,(H2,24,25,26);1H. The normalized spacial score (nSPS) is 20.5. The minimum Gasteiger partial charge on any atom is -0.378 e. The van der Waals surface area contributed by atoms with E-state index >= 15 is 0 Å². The van der Waals surface area contributed by atoms with Crippen LogP contribution in [-0.4, -0.2) is 82.6 Å². The van der Waals surface area contributed by atoms with E-state index in [4.69, 9.17) is 14.5 Å². The SMILES string of the molecule is CCNC(=NCc1ccc(N2CCOCC2)cc1)NCC1CN(CC(C)C)CCO1.I. The molecule has 2 saturated heterocycles. The van der Waals surface area contributed by atoms with Crippen molar-refractivity contribution in [2.75, 3.05) is 70.5 Å². The van der Waals surface area contributed by atoms with E-state index in [0.717, 1.165) is 71.6 Å². The molecule has 0 spiro atoms. The molecule has 0 saturated carbocycles. The molecular formula is C23H40IN5O2. The Labute approximate surface area is 205 Å². The van der Waals surface area contributed by atoms with E-state index < -0.39 is 0 Å². The highest BCUT2D eigenvalue weighted by atomic mass is 127. The van der Waals surface area contributed by atoms with Gasteiger partial charge in [0, 0.05) is 51.5 Å². The fourth-order valence-electron chi connectivity index (χ4n) is 3.94. The van der Waals surface area contributed by atoms with Crippen molar-refractivity contribution in [3.63, 3.8) is 0 Å². The third-order valence-corrected chi connectivity index (χ3v) is 5.42. The van der Waals surface area contributed by atoms with E-state index in [1.807, 2.05) is 0 Å². The van der Waals surface area contributed by atoms with Gasteiger partial charge in [0.2, 0.25) is 0 Å². The first-order valence-corrected chi connectivity index (χ1v) is 11.4. The molecule has 2 N–H and O–H groups in total. The number of hydrogen-bond donors (Lipinski definition) is 2. The third kappa shape index (κ3) is 9.11. The van der Waals surface area contributed by atoms with E-state index in [2.05, 4.69) is 65.5 Å². The van der Waals surface area contributed by atoms with Gasteiger partial charge < -0.3 is 25.0 Å². The van der Waals surface area contributed by atoms with Gasteiger partial charge >= 0.3 is 0 Å². The van der Waals surface area contributed by atoms with Crippen molar-refractivity contribution in [2.45, 2.75) is 33.4 Å². The summed E-state index contributed by atoms with van der Waals surface area (Å²) >= 11 is 0. The average molecular weight is 546 g/mol. The lowest BCUT2D eigenvalue weighted by Crippen LogP contribution is -2.50. The van der Waals surface area contributed by atoms with Crippen LogP contribution in [0.25, 0.3) is 0 Å². The molecule has 2 aliphatic rings. The first-order chi connectivity index (χ1) is 14.6. The number of nitrogens with zero attached hydrogens (tertiary/aromatic N) is 3. The van der Waals surface area contributed by atoms with E-state index in [-0.39, 0.29) is 30.1 Å². The van der Waals surface area contributed by atoms with Crippen LogP contribution in [0.15, 0.2) is 29.3 Å². The van der Waals surface area contributed by atoms with Gasteiger partial charge in [-0.05, 0) is 30.5 Å². The maximum Gasteiger partial charge on any atom is 0.191 e. The molecule has 1 aromatic rings. The fraction of sp³-hybridized carbons (Fsp3) is 0.696. The number of halogens is 1.